The van der Waals surface area contributed by atoms with E-state index in [4.69, 9.17) is 0 Å². The monoisotopic (exact) mass is 251 g/mol. The zero-order valence-electron chi connectivity index (χ0n) is 9.53. The van der Waals surface area contributed by atoms with Gasteiger partial charge < -0.3 is 5.32 Å². The molecule has 1 aliphatic carbocycles. The van der Waals surface area contributed by atoms with E-state index in [2.05, 4.69) is 12.2 Å². The van der Waals surface area contributed by atoms with Crippen molar-refractivity contribution in [2.24, 2.45) is 5.92 Å². The van der Waals surface area contributed by atoms with Gasteiger partial charge in [0.15, 0.2) is 0 Å². The number of nitrogens with one attached hydrogen (secondary N) is 1. The average Bonchev–Trinajstić information content (AvgIpc) is 2.91. The van der Waals surface area contributed by atoms with Crippen molar-refractivity contribution >= 4 is 21.6 Å². The van der Waals surface area contributed by atoms with Crippen LogP contribution in [0.2, 0.25) is 0 Å². The third-order valence-electron chi connectivity index (χ3n) is 2.55. The highest BCUT2D eigenvalue weighted by Crippen LogP contribution is 2.33. The molecule has 3 nitrogen and oxygen atoms in total. The van der Waals surface area contributed by atoms with Gasteiger partial charge in [-0.25, -0.2) is 8.42 Å². The van der Waals surface area contributed by atoms with Crippen molar-refractivity contribution in [1.29, 1.82) is 0 Å². The second kappa shape index (κ2) is 6.11. The predicted octanol–water partition coefficient (Wildman–Crippen LogP) is 1.15. The molecule has 1 atom stereocenters. The highest BCUT2D eigenvalue weighted by atomic mass is 32.2. The van der Waals surface area contributed by atoms with Crippen LogP contribution in [0.25, 0.3) is 0 Å². The molecule has 0 bridgehead atoms. The zero-order chi connectivity index (χ0) is 11.3. The molecule has 0 aromatic rings. The van der Waals surface area contributed by atoms with Gasteiger partial charge in [0, 0.05) is 23.8 Å². The van der Waals surface area contributed by atoms with Gasteiger partial charge in [-0.3, -0.25) is 0 Å². The summed E-state index contributed by atoms with van der Waals surface area (Å²) in [6.07, 6.45) is 3.98. The van der Waals surface area contributed by atoms with Gasteiger partial charge in [0.1, 0.15) is 9.84 Å². The fourth-order valence-electron chi connectivity index (χ4n) is 1.54. The molecule has 0 saturated heterocycles. The molecule has 0 aliphatic heterocycles. The van der Waals surface area contributed by atoms with Crippen LogP contribution in [0.3, 0.4) is 0 Å². The molecule has 1 fully saturated rings. The highest BCUT2D eigenvalue weighted by molar-refractivity contribution is 8.00. The van der Waals surface area contributed by atoms with Crippen molar-refractivity contribution in [2.75, 3.05) is 30.1 Å². The summed E-state index contributed by atoms with van der Waals surface area (Å²) in [6.45, 7) is 3.13. The van der Waals surface area contributed by atoms with Gasteiger partial charge in [0.2, 0.25) is 0 Å². The summed E-state index contributed by atoms with van der Waals surface area (Å²) in [6, 6.07) is 0.597. The van der Waals surface area contributed by atoms with Crippen LogP contribution in [0.5, 0.6) is 0 Å². The first-order chi connectivity index (χ1) is 7.03. The van der Waals surface area contributed by atoms with E-state index in [-0.39, 0.29) is 0 Å². The first-order valence-corrected chi connectivity index (χ1v) is 8.73. The van der Waals surface area contributed by atoms with E-state index >= 15 is 0 Å². The van der Waals surface area contributed by atoms with Gasteiger partial charge in [0.05, 0.1) is 5.75 Å². The predicted molar refractivity (Wildman–Crippen MR) is 67.2 cm³/mol. The Morgan fingerprint density at radius 1 is 1.47 bits per heavy atom. The topological polar surface area (TPSA) is 46.2 Å². The van der Waals surface area contributed by atoms with Crippen LogP contribution >= 0.6 is 11.8 Å². The minimum Gasteiger partial charge on any atom is -0.313 e. The summed E-state index contributed by atoms with van der Waals surface area (Å²) in [5.41, 5.74) is 0. The molecule has 1 rings (SSSR count). The summed E-state index contributed by atoms with van der Waals surface area (Å²) in [5, 5.41) is 3.47. The Labute approximate surface area is 97.3 Å². The molecule has 0 radical (unpaired) electrons. The minimum absolute atomic E-state index is 0.307. The molecule has 5 heteroatoms. The lowest BCUT2D eigenvalue weighted by atomic mass is 10.2. The van der Waals surface area contributed by atoms with E-state index in [0.29, 0.717) is 11.8 Å². The lowest BCUT2D eigenvalue weighted by Crippen LogP contribution is -2.33. The van der Waals surface area contributed by atoms with Crippen molar-refractivity contribution in [1.82, 2.24) is 5.32 Å². The maximum absolute atomic E-state index is 10.9. The van der Waals surface area contributed by atoms with Crippen LogP contribution in [0.1, 0.15) is 19.8 Å². The highest BCUT2D eigenvalue weighted by Gasteiger charge is 2.30. The Bertz CT molecular complexity index is 273. The second-order valence-electron chi connectivity index (χ2n) is 4.21. The van der Waals surface area contributed by atoms with Gasteiger partial charge in [0.25, 0.3) is 0 Å². The van der Waals surface area contributed by atoms with Gasteiger partial charge in [-0.15, -0.1) is 0 Å². The summed E-state index contributed by atoms with van der Waals surface area (Å²) in [4.78, 5) is 0. The number of hydrogen-bond acceptors (Lipinski definition) is 4. The molecular formula is C10H21NO2S2. The number of sulfone groups is 1. The summed E-state index contributed by atoms with van der Waals surface area (Å²) in [7, 11) is -2.78. The van der Waals surface area contributed by atoms with Gasteiger partial charge in [-0.2, -0.15) is 11.8 Å². The molecule has 90 valence electrons. The van der Waals surface area contributed by atoms with Crippen LogP contribution in [-0.2, 0) is 9.84 Å². The largest absolute Gasteiger partial charge is 0.313 e. The number of rotatable bonds is 8. The van der Waals surface area contributed by atoms with Gasteiger partial charge in [-0.05, 0) is 25.3 Å². The molecule has 0 spiro atoms. The molecule has 1 aliphatic rings. The first-order valence-electron chi connectivity index (χ1n) is 5.52. The van der Waals surface area contributed by atoms with E-state index in [9.17, 15) is 8.42 Å². The maximum atomic E-state index is 10.9. The van der Waals surface area contributed by atoms with E-state index in [1.807, 2.05) is 0 Å². The Balaban J connectivity index is 2.11. The van der Waals surface area contributed by atoms with Crippen molar-refractivity contribution < 1.29 is 8.42 Å². The second-order valence-corrected chi connectivity index (χ2v) is 7.62. The average molecular weight is 251 g/mol. The first kappa shape index (κ1) is 13.3. The molecule has 1 unspecified atom stereocenters. The Kier molecular flexibility index (Phi) is 5.43. The number of hydrogen-bond donors (Lipinski definition) is 1. The molecule has 1 saturated carbocycles. The molecule has 0 aromatic carbocycles. The van der Waals surface area contributed by atoms with Crippen LogP contribution in [0.15, 0.2) is 0 Å². The maximum Gasteiger partial charge on any atom is 0.148 e. The Hall–Kier alpha value is 0.260. The minimum atomic E-state index is -2.78. The smallest absolute Gasteiger partial charge is 0.148 e. The van der Waals surface area contributed by atoms with Crippen LogP contribution in [0, 0.1) is 5.92 Å². The zero-order valence-corrected chi connectivity index (χ0v) is 11.2. The summed E-state index contributed by atoms with van der Waals surface area (Å²) < 4.78 is 21.8. The summed E-state index contributed by atoms with van der Waals surface area (Å²) >= 11 is 1.75. The standard InChI is InChI=1S/C10H21NO2S2/c1-3-11-10(9-4-5-9)8-14-6-7-15(2,12)13/h9-11H,3-8H2,1-2H3. The fourth-order valence-corrected chi connectivity index (χ4v) is 4.04. The van der Waals surface area contributed by atoms with Crippen LogP contribution in [0.4, 0.5) is 0 Å². The third-order valence-corrected chi connectivity index (χ3v) is 4.84. The van der Waals surface area contributed by atoms with Gasteiger partial charge in [-0.1, -0.05) is 6.92 Å². The SMILES string of the molecule is CCNC(CSCCS(C)(=O)=O)C1CC1. The van der Waals surface area contributed by atoms with Gasteiger partial charge >= 0.3 is 0 Å². The fraction of sp³-hybridized carbons (Fsp3) is 1.00. The molecule has 0 heterocycles. The van der Waals surface area contributed by atoms with Crippen molar-refractivity contribution in [2.45, 2.75) is 25.8 Å². The third kappa shape index (κ3) is 6.43. The molecule has 15 heavy (non-hydrogen) atoms. The molecule has 0 amide bonds. The van der Waals surface area contributed by atoms with Crippen molar-refractivity contribution in [3.05, 3.63) is 0 Å². The van der Waals surface area contributed by atoms with E-state index < -0.39 is 9.84 Å². The normalized spacial score (nSPS) is 19.1. The quantitative estimate of drug-likeness (QED) is 0.658. The van der Waals surface area contributed by atoms with Crippen molar-refractivity contribution in [3.8, 4) is 0 Å². The Morgan fingerprint density at radius 2 is 2.13 bits per heavy atom. The van der Waals surface area contributed by atoms with Crippen LogP contribution in [-0.4, -0.2) is 44.5 Å². The molecule has 0 aromatic heterocycles. The van der Waals surface area contributed by atoms with E-state index in [1.165, 1.54) is 19.1 Å². The van der Waals surface area contributed by atoms with E-state index in [0.717, 1.165) is 24.0 Å². The lowest BCUT2D eigenvalue weighted by Gasteiger charge is -2.16. The Morgan fingerprint density at radius 3 is 2.60 bits per heavy atom. The van der Waals surface area contributed by atoms with Crippen LogP contribution < -0.4 is 5.32 Å². The lowest BCUT2D eigenvalue weighted by molar-refractivity contribution is 0.519. The molecular weight excluding hydrogens is 230 g/mol. The van der Waals surface area contributed by atoms with E-state index in [1.54, 1.807) is 11.8 Å². The molecule has 1 N–H and O–H groups in total. The van der Waals surface area contributed by atoms with Crippen molar-refractivity contribution in [3.63, 3.8) is 0 Å². The number of thioether (sulfide) groups is 1. The summed E-state index contributed by atoms with van der Waals surface area (Å²) in [5.74, 6) is 2.93.